The lowest BCUT2D eigenvalue weighted by molar-refractivity contribution is -0.118. The van der Waals surface area contributed by atoms with Crippen LogP contribution in [0, 0.1) is 11.6 Å². The topological polar surface area (TPSA) is 208 Å². The van der Waals surface area contributed by atoms with E-state index in [1.807, 2.05) is 24.3 Å². The number of imidazole rings is 1. The van der Waals surface area contributed by atoms with Gasteiger partial charge in [0.15, 0.2) is 17.5 Å². The summed E-state index contributed by atoms with van der Waals surface area (Å²) in [6.07, 6.45) is 3.23. The molecule has 5 amide bonds. The fraction of sp³-hybridized carbons (Fsp3) is 0.444. The molecule has 0 saturated carbocycles. The number of carbonyl (C=O) groups excluding carboxylic acids is 4. The first-order valence-corrected chi connectivity index (χ1v) is 17.3. The average Bonchev–Trinajstić information content (AvgIpc) is 3.44. The van der Waals surface area contributed by atoms with Crippen LogP contribution in [0.1, 0.15) is 82.4 Å². The zero-order chi connectivity index (χ0) is 38.0. The number of pyridine rings is 1. The first-order valence-electron chi connectivity index (χ1n) is 17.3. The molecule has 16 heteroatoms. The Bertz CT molecular complexity index is 1900. The highest BCUT2D eigenvalue weighted by molar-refractivity contribution is 6.06. The number of unbranched alkanes of at least 4 members (excludes halogenated alkanes) is 2. The van der Waals surface area contributed by atoms with E-state index in [1.54, 1.807) is 20.8 Å². The van der Waals surface area contributed by atoms with Crippen LogP contribution in [0.25, 0.3) is 21.9 Å². The van der Waals surface area contributed by atoms with Crippen LogP contribution in [0.15, 0.2) is 36.4 Å². The highest BCUT2D eigenvalue weighted by atomic mass is 19.1. The first-order chi connectivity index (χ1) is 24.7. The van der Waals surface area contributed by atoms with Gasteiger partial charge in [0.2, 0.25) is 5.91 Å². The molecule has 0 aliphatic rings. The number of nitrogen functional groups attached to an aromatic ring is 1. The number of hydrogen-bond acceptors (Lipinski definition) is 8. The van der Waals surface area contributed by atoms with E-state index in [9.17, 15) is 19.2 Å². The molecule has 14 nitrogen and oxygen atoms in total. The van der Waals surface area contributed by atoms with E-state index in [0.717, 1.165) is 53.6 Å². The second-order valence-electron chi connectivity index (χ2n) is 13.4. The molecular weight excluding hydrogens is 676 g/mol. The minimum atomic E-state index is -1.28. The number of nitrogens with zero attached hydrogens (tertiary/aromatic N) is 3. The zero-order valence-corrected chi connectivity index (χ0v) is 29.9. The quantitative estimate of drug-likeness (QED) is 0.0837. The van der Waals surface area contributed by atoms with Crippen LogP contribution in [-0.2, 0) is 22.5 Å². The summed E-state index contributed by atoms with van der Waals surface area (Å²) in [5.41, 5.74) is 11.8. The number of para-hydroxylation sites is 1. The number of nitrogens with two attached hydrogens (primary N) is 2. The highest BCUT2D eigenvalue weighted by Gasteiger charge is 2.26. The van der Waals surface area contributed by atoms with Gasteiger partial charge in [0.25, 0.3) is 5.91 Å². The Morgan fingerprint density at radius 3 is 2.33 bits per heavy atom. The number of benzene rings is 2. The van der Waals surface area contributed by atoms with Crippen LogP contribution in [0.2, 0.25) is 0 Å². The minimum Gasteiger partial charge on any atom is -0.444 e. The van der Waals surface area contributed by atoms with Crippen molar-refractivity contribution in [1.82, 2.24) is 30.5 Å². The SMILES string of the molecule is CCCCc1nc2c(N)nc3ccccc3c2n1CCCCNC(=O)c1cc(F)c(NC(=O)[C@H](CCCNC(N)=O)NC(=O)OC(C)(C)C)c(F)c1. The Morgan fingerprint density at radius 2 is 1.65 bits per heavy atom. The third kappa shape index (κ3) is 10.5. The van der Waals surface area contributed by atoms with Gasteiger partial charge in [-0.25, -0.2) is 28.3 Å². The van der Waals surface area contributed by atoms with E-state index in [4.69, 9.17) is 21.2 Å². The first kappa shape index (κ1) is 39.2. The van der Waals surface area contributed by atoms with Crippen LogP contribution in [0.3, 0.4) is 0 Å². The molecule has 0 aliphatic carbocycles. The molecule has 0 fully saturated rings. The van der Waals surface area contributed by atoms with Gasteiger partial charge in [-0.05, 0) is 71.1 Å². The lowest BCUT2D eigenvalue weighted by Gasteiger charge is -2.23. The van der Waals surface area contributed by atoms with Gasteiger partial charge < -0.3 is 42.0 Å². The largest absolute Gasteiger partial charge is 0.444 e. The summed E-state index contributed by atoms with van der Waals surface area (Å²) < 4.78 is 37.6. The van der Waals surface area contributed by atoms with Gasteiger partial charge in [0.1, 0.15) is 28.7 Å². The van der Waals surface area contributed by atoms with Gasteiger partial charge in [0, 0.05) is 37.0 Å². The lowest BCUT2D eigenvalue weighted by atomic mass is 10.1. The number of amides is 5. The molecular formula is C36H47F2N9O5. The summed E-state index contributed by atoms with van der Waals surface area (Å²) in [5, 5.41) is 10.6. The smallest absolute Gasteiger partial charge is 0.408 e. The van der Waals surface area contributed by atoms with Crippen molar-refractivity contribution in [3.05, 3.63) is 59.4 Å². The molecule has 2 heterocycles. The standard InChI is InChI=1S/C36H47F2N9O5/c1-5-6-15-27-45-29-30(22-12-7-8-13-25(22)43-31(29)39)47(27)18-10-9-16-41-32(48)21-19-23(37)28(24(38)20-21)46-33(49)26(14-11-17-42-34(40)50)44-35(51)52-36(2,3)4/h7-8,12-13,19-20,26H,5-6,9-11,14-18H2,1-4H3,(H2,39,43)(H,41,48)(H,44,51)(H,46,49)(H3,40,42,50)/t26-/m0/s1. The van der Waals surface area contributed by atoms with Gasteiger partial charge >= 0.3 is 12.1 Å². The van der Waals surface area contributed by atoms with Crippen molar-refractivity contribution in [2.45, 2.75) is 90.8 Å². The van der Waals surface area contributed by atoms with E-state index in [2.05, 4.69) is 37.7 Å². The summed E-state index contributed by atoms with van der Waals surface area (Å²) in [6, 6.07) is 7.35. The Kier molecular flexibility index (Phi) is 13.3. The number of anilines is 2. The Hall–Kier alpha value is -5.54. The molecule has 0 radical (unpaired) electrons. The molecule has 0 unspecified atom stereocenters. The molecule has 0 saturated heterocycles. The van der Waals surface area contributed by atoms with Gasteiger partial charge in [-0.15, -0.1) is 0 Å². The molecule has 0 spiro atoms. The fourth-order valence-corrected chi connectivity index (χ4v) is 5.64. The maximum Gasteiger partial charge on any atom is 0.408 e. The summed E-state index contributed by atoms with van der Waals surface area (Å²) in [6.45, 7) is 7.94. The molecule has 0 bridgehead atoms. The van der Waals surface area contributed by atoms with Gasteiger partial charge in [-0.3, -0.25) is 9.59 Å². The number of halogens is 2. The highest BCUT2D eigenvalue weighted by Crippen LogP contribution is 2.30. The van der Waals surface area contributed by atoms with E-state index >= 15 is 8.78 Å². The van der Waals surface area contributed by atoms with Gasteiger partial charge in [-0.2, -0.15) is 0 Å². The number of nitrogens with one attached hydrogen (secondary N) is 4. The molecule has 4 rings (SSSR count). The number of aromatic nitrogens is 3. The van der Waals surface area contributed by atoms with Gasteiger partial charge in [0.05, 0.1) is 11.0 Å². The zero-order valence-electron chi connectivity index (χ0n) is 29.9. The molecule has 280 valence electrons. The van der Waals surface area contributed by atoms with Crippen LogP contribution < -0.4 is 32.7 Å². The molecule has 2 aromatic carbocycles. The van der Waals surface area contributed by atoms with E-state index in [-0.39, 0.29) is 31.5 Å². The molecule has 8 N–H and O–H groups in total. The van der Waals surface area contributed by atoms with Crippen molar-refractivity contribution < 1.29 is 32.7 Å². The third-order valence-corrected chi connectivity index (χ3v) is 8.07. The number of primary amides is 1. The van der Waals surface area contributed by atoms with E-state index in [0.29, 0.717) is 30.7 Å². The molecule has 52 heavy (non-hydrogen) atoms. The van der Waals surface area contributed by atoms with Crippen molar-refractivity contribution in [1.29, 1.82) is 0 Å². The monoisotopic (exact) mass is 723 g/mol. The van der Waals surface area contributed by atoms with Crippen LogP contribution in [0.4, 0.5) is 29.9 Å². The number of ether oxygens (including phenoxy) is 1. The van der Waals surface area contributed by atoms with Crippen LogP contribution in [-0.4, -0.2) is 63.2 Å². The number of alkyl carbamates (subject to hydrolysis) is 1. The second kappa shape index (κ2) is 17.6. The predicted octanol–water partition coefficient (Wildman–Crippen LogP) is 5.28. The summed E-state index contributed by atoms with van der Waals surface area (Å²) >= 11 is 0. The molecule has 0 aliphatic heterocycles. The summed E-state index contributed by atoms with van der Waals surface area (Å²) in [4.78, 5) is 58.6. The number of aryl methyl sites for hydroxylation is 2. The second-order valence-corrected chi connectivity index (χ2v) is 13.4. The average molecular weight is 724 g/mol. The maximum atomic E-state index is 15.1. The molecule has 2 aromatic heterocycles. The minimum absolute atomic E-state index is 0.0198. The fourth-order valence-electron chi connectivity index (χ4n) is 5.64. The number of rotatable bonds is 16. The number of hydrogen-bond donors (Lipinski definition) is 6. The van der Waals surface area contributed by atoms with Crippen LogP contribution in [0.5, 0.6) is 0 Å². The Balaban J connectivity index is 1.38. The van der Waals surface area contributed by atoms with E-state index < -0.39 is 52.9 Å². The van der Waals surface area contributed by atoms with Crippen molar-refractivity contribution >= 4 is 57.4 Å². The normalized spacial score (nSPS) is 12.0. The summed E-state index contributed by atoms with van der Waals surface area (Å²) in [5.74, 6) is -2.71. The number of carbonyl (C=O) groups is 4. The van der Waals surface area contributed by atoms with Crippen molar-refractivity contribution in [2.24, 2.45) is 5.73 Å². The van der Waals surface area contributed by atoms with Crippen molar-refractivity contribution in [2.75, 3.05) is 24.1 Å². The van der Waals surface area contributed by atoms with E-state index in [1.165, 1.54) is 0 Å². The number of urea groups is 1. The van der Waals surface area contributed by atoms with Crippen molar-refractivity contribution in [3.63, 3.8) is 0 Å². The summed E-state index contributed by atoms with van der Waals surface area (Å²) in [7, 11) is 0. The van der Waals surface area contributed by atoms with Crippen LogP contribution >= 0.6 is 0 Å². The number of fused-ring (bicyclic) bond motifs is 3. The third-order valence-electron chi connectivity index (χ3n) is 8.07. The lowest BCUT2D eigenvalue weighted by Crippen LogP contribution is -2.46. The maximum absolute atomic E-state index is 15.1. The molecule has 4 aromatic rings. The molecule has 1 atom stereocenters. The van der Waals surface area contributed by atoms with Gasteiger partial charge in [-0.1, -0.05) is 31.5 Å². The predicted molar refractivity (Wildman–Crippen MR) is 195 cm³/mol. The Labute approximate surface area is 300 Å². The Morgan fingerprint density at radius 1 is 0.962 bits per heavy atom. The van der Waals surface area contributed by atoms with Crippen molar-refractivity contribution in [3.8, 4) is 0 Å².